The number of benzene rings is 2. The Hall–Kier alpha value is -2.08. The second kappa shape index (κ2) is 17.6. The number of carbonyl (C=O) groups excluding carboxylic acids is 2. The van der Waals surface area contributed by atoms with E-state index in [1.54, 1.807) is 24.3 Å². The fourth-order valence-electron chi connectivity index (χ4n) is 2.21. The number of carboxylic acid groups (broad SMARTS) is 3. The van der Waals surface area contributed by atoms with Crippen molar-refractivity contribution in [3.05, 3.63) is 69.7 Å². The third-order valence-electron chi connectivity index (χ3n) is 3.94. The summed E-state index contributed by atoms with van der Waals surface area (Å²) in [6.45, 7) is 4.00. The number of carbonyl (C=O) groups is 3. The Morgan fingerprint density at radius 1 is 0.871 bits per heavy atom. The van der Waals surface area contributed by atoms with Crippen molar-refractivity contribution in [1.82, 2.24) is 0 Å². The molecular formula is C22H24Cl2NiO6. The largest absolute Gasteiger partial charge is 2.00 e. The van der Waals surface area contributed by atoms with Gasteiger partial charge in [0, 0.05) is 21.2 Å². The average molecular weight is 514 g/mol. The van der Waals surface area contributed by atoms with Gasteiger partial charge in [0.05, 0.1) is 17.9 Å². The Balaban J connectivity index is 0. The Morgan fingerprint density at radius 3 is 1.48 bits per heavy atom. The zero-order valence-electron chi connectivity index (χ0n) is 17.1. The minimum Gasteiger partial charge on any atom is -0.545 e. The first kappa shape index (κ1) is 31.1. The molecule has 9 heteroatoms. The van der Waals surface area contributed by atoms with Crippen LogP contribution >= 0.6 is 23.2 Å². The summed E-state index contributed by atoms with van der Waals surface area (Å²) in [4.78, 5) is 30.9. The van der Waals surface area contributed by atoms with E-state index >= 15 is 0 Å². The zero-order chi connectivity index (χ0) is 23.1. The second-order valence-corrected chi connectivity index (χ2v) is 6.93. The Labute approximate surface area is 202 Å². The summed E-state index contributed by atoms with van der Waals surface area (Å²) in [7, 11) is 0. The molecule has 0 radical (unpaired) electrons. The molecule has 2 rings (SSSR count). The molecule has 31 heavy (non-hydrogen) atoms. The predicted octanol–water partition coefficient (Wildman–Crippen LogP) is 3.69. The van der Waals surface area contributed by atoms with Gasteiger partial charge in [0.25, 0.3) is 0 Å². The number of hydrogen-bond donors (Lipinski definition) is 1. The number of carboxylic acids is 3. The topological polar surface area (TPSA) is 118 Å². The first-order valence-corrected chi connectivity index (χ1v) is 10.1. The molecule has 0 fully saturated rings. The van der Waals surface area contributed by atoms with E-state index in [2.05, 4.69) is 6.92 Å². The first-order valence-electron chi connectivity index (χ1n) is 9.30. The number of unbranched alkanes of at least 4 members (excludes halogenated alkanes) is 1. The van der Waals surface area contributed by atoms with Gasteiger partial charge in [-0.25, -0.2) is 0 Å². The zero-order valence-corrected chi connectivity index (χ0v) is 19.6. The van der Waals surface area contributed by atoms with Crippen molar-refractivity contribution in [2.45, 2.75) is 39.5 Å². The van der Waals surface area contributed by atoms with Crippen molar-refractivity contribution in [3.63, 3.8) is 0 Å². The summed E-state index contributed by atoms with van der Waals surface area (Å²) in [6.07, 6.45) is 3.71. The van der Waals surface area contributed by atoms with Crippen LogP contribution in [-0.4, -0.2) is 23.0 Å². The molecule has 0 heterocycles. The van der Waals surface area contributed by atoms with Gasteiger partial charge in [-0.3, -0.25) is 4.79 Å². The molecule has 0 saturated carbocycles. The van der Waals surface area contributed by atoms with Gasteiger partial charge >= 0.3 is 22.5 Å². The summed E-state index contributed by atoms with van der Waals surface area (Å²) in [5.74, 6) is -3.24. The molecular weight excluding hydrogens is 490 g/mol. The molecule has 0 amide bonds. The molecule has 6 nitrogen and oxygen atoms in total. The van der Waals surface area contributed by atoms with Crippen LogP contribution in [0.5, 0.6) is 0 Å². The van der Waals surface area contributed by atoms with E-state index in [0.717, 1.165) is 25.7 Å². The fourth-order valence-corrected chi connectivity index (χ4v) is 2.63. The van der Waals surface area contributed by atoms with Gasteiger partial charge in [-0.05, 0) is 25.0 Å². The summed E-state index contributed by atoms with van der Waals surface area (Å²) in [5, 5.41) is 29.5. The summed E-state index contributed by atoms with van der Waals surface area (Å²) >= 11 is 11.0. The standard InChI is InChI=1S/C8H16O2.2C7H5ClO2.Ni/c1-3-5-6-7(4-2)8(9)10;2*8-6-4-2-1-3-5(6)7(9)10;/h7H,3-6H2,1-2H3,(H,9,10);2*1-4H,(H,9,10);/q;;;+2/p-2. The second-order valence-electron chi connectivity index (χ2n) is 6.12. The van der Waals surface area contributed by atoms with E-state index < -0.39 is 17.9 Å². The van der Waals surface area contributed by atoms with Crippen LogP contribution in [0.2, 0.25) is 10.0 Å². The van der Waals surface area contributed by atoms with Crippen molar-refractivity contribution in [3.8, 4) is 0 Å². The van der Waals surface area contributed by atoms with Gasteiger partial charge in [-0.15, -0.1) is 0 Å². The molecule has 1 atom stereocenters. The Kier molecular flexibility index (Phi) is 17.7. The maximum Gasteiger partial charge on any atom is 2.00 e. The molecule has 0 saturated heterocycles. The molecule has 0 spiro atoms. The molecule has 0 aromatic heterocycles. The molecule has 1 N–H and O–H groups in total. The normalized spacial score (nSPS) is 10.2. The maximum atomic E-state index is 10.4. The number of rotatable bonds is 7. The van der Waals surface area contributed by atoms with E-state index in [4.69, 9.17) is 28.3 Å². The SMILES string of the molecule is CCCCC(CC)C(=O)O.O=C([O-])c1ccccc1Cl.O=C([O-])c1ccccc1Cl.[Ni+2]. The minimum atomic E-state index is -1.24. The molecule has 2 aromatic carbocycles. The van der Waals surface area contributed by atoms with Crippen LogP contribution in [0.1, 0.15) is 60.2 Å². The summed E-state index contributed by atoms with van der Waals surface area (Å²) in [6, 6.07) is 12.3. The van der Waals surface area contributed by atoms with Gasteiger partial charge in [0.15, 0.2) is 0 Å². The third kappa shape index (κ3) is 13.0. The number of aromatic carboxylic acids is 2. The summed E-state index contributed by atoms with van der Waals surface area (Å²) < 4.78 is 0. The van der Waals surface area contributed by atoms with E-state index in [0.29, 0.717) is 0 Å². The Bertz CT molecular complexity index is 774. The first-order chi connectivity index (χ1) is 14.1. The van der Waals surface area contributed by atoms with Gasteiger partial charge in [0.2, 0.25) is 0 Å². The average Bonchev–Trinajstić information content (AvgIpc) is 2.69. The predicted molar refractivity (Wildman–Crippen MR) is 113 cm³/mol. The van der Waals surface area contributed by atoms with Gasteiger partial charge < -0.3 is 24.9 Å². The van der Waals surface area contributed by atoms with E-state index in [9.17, 15) is 24.6 Å². The quantitative estimate of drug-likeness (QED) is 0.564. The van der Waals surface area contributed by atoms with Crippen LogP contribution in [0.15, 0.2) is 48.5 Å². The number of halogens is 2. The molecule has 0 aliphatic heterocycles. The monoisotopic (exact) mass is 512 g/mol. The van der Waals surface area contributed by atoms with Crippen molar-refractivity contribution in [2.75, 3.05) is 0 Å². The van der Waals surface area contributed by atoms with E-state index in [1.165, 1.54) is 24.3 Å². The number of hydrogen-bond acceptors (Lipinski definition) is 5. The molecule has 0 aliphatic rings. The molecule has 0 aliphatic carbocycles. The van der Waals surface area contributed by atoms with Crippen LogP contribution < -0.4 is 10.2 Å². The smallest absolute Gasteiger partial charge is 0.545 e. The van der Waals surface area contributed by atoms with Crippen LogP contribution in [0.25, 0.3) is 0 Å². The van der Waals surface area contributed by atoms with Crippen LogP contribution in [0.4, 0.5) is 0 Å². The third-order valence-corrected chi connectivity index (χ3v) is 4.59. The number of aliphatic carboxylic acids is 1. The van der Waals surface area contributed by atoms with Gasteiger partial charge in [0.1, 0.15) is 0 Å². The van der Waals surface area contributed by atoms with Crippen LogP contribution in [-0.2, 0) is 21.3 Å². The molecule has 172 valence electrons. The maximum absolute atomic E-state index is 10.4. The van der Waals surface area contributed by atoms with Gasteiger partial charge in [-0.2, -0.15) is 0 Å². The van der Waals surface area contributed by atoms with Crippen LogP contribution in [0.3, 0.4) is 0 Å². The molecule has 1 unspecified atom stereocenters. The molecule has 2 aromatic rings. The van der Waals surface area contributed by atoms with E-state index in [-0.39, 0.29) is 43.6 Å². The Morgan fingerprint density at radius 2 is 1.26 bits per heavy atom. The van der Waals surface area contributed by atoms with E-state index in [1.807, 2.05) is 6.92 Å². The molecule has 0 bridgehead atoms. The van der Waals surface area contributed by atoms with Crippen LogP contribution in [0, 0.1) is 5.92 Å². The van der Waals surface area contributed by atoms with Crippen molar-refractivity contribution < 1.29 is 46.2 Å². The van der Waals surface area contributed by atoms with Crippen molar-refractivity contribution in [1.29, 1.82) is 0 Å². The minimum absolute atomic E-state index is 0. The van der Waals surface area contributed by atoms with Gasteiger partial charge in [-0.1, -0.05) is 86.3 Å². The van der Waals surface area contributed by atoms with Crippen molar-refractivity contribution >= 4 is 41.1 Å². The van der Waals surface area contributed by atoms with Crippen molar-refractivity contribution in [2.24, 2.45) is 5.92 Å². The fraction of sp³-hybridized carbons (Fsp3) is 0.318. The summed E-state index contributed by atoms with van der Waals surface area (Å²) in [5.41, 5.74) is 0.0633.